The zero-order valence-corrected chi connectivity index (χ0v) is 15.3. The minimum Gasteiger partial charge on any atom is -0.486 e. The number of anilines is 1. The lowest BCUT2D eigenvalue weighted by Gasteiger charge is -2.19. The van der Waals surface area contributed by atoms with Crippen molar-refractivity contribution in [3.8, 4) is 23.1 Å². The Morgan fingerprint density at radius 2 is 1.83 bits per heavy atom. The largest absolute Gasteiger partial charge is 0.486 e. The van der Waals surface area contributed by atoms with Crippen LogP contribution in [0.2, 0.25) is 0 Å². The van der Waals surface area contributed by atoms with Crippen LogP contribution in [0.3, 0.4) is 0 Å². The van der Waals surface area contributed by atoms with Gasteiger partial charge in [-0.3, -0.25) is 9.59 Å². The number of halogens is 1. The van der Waals surface area contributed by atoms with Crippen LogP contribution in [0.25, 0.3) is 5.69 Å². The Kier molecular flexibility index (Phi) is 4.86. The van der Waals surface area contributed by atoms with E-state index in [0.29, 0.717) is 36.1 Å². The smallest absolute Gasteiger partial charge is 0.280 e. The predicted molar refractivity (Wildman–Crippen MR) is 102 cm³/mol. The van der Waals surface area contributed by atoms with Gasteiger partial charge < -0.3 is 19.5 Å². The van der Waals surface area contributed by atoms with Gasteiger partial charge in [-0.15, -0.1) is 0 Å². The molecule has 1 N–H and O–H groups in total. The van der Waals surface area contributed by atoms with E-state index in [-0.39, 0.29) is 11.6 Å². The van der Waals surface area contributed by atoms with Crippen molar-refractivity contribution in [3.05, 3.63) is 70.3 Å². The summed E-state index contributed by atoms with van der Waals surface area (Å²) in [6.45, 7) is 0.865. The standard InChI is InChI=1S/C20H16FN3O5/c1-27-18-11-15(25)19(23-24(18)14-5-2-12(21)3-6-14)20(26)22-13-4-7-16-17(10-13)29-9-8-28-16/h2-7,10-11H,8-9H2,1H3,(H,22,26). The molecule has 0 aliphatic carbocycles. The molecule has 1 aliphatic rings. The molecule has 0 spiro atoms. The van der Waals surface area contributed by atoms with Crippen LogP contribution in [0.4, 0.5) is 10.1 Å². The molecule has 9 heteroatoms. The summed E-state index contributed by atoms with van der Waals surface area (Å²) in [5.41, 5.74) is -0.110. The van der Waals surface area contributed by atoms with Crippen LogP contribution in [0.5, 0.6) is 17.4 Å². The fraction of sp³-hybridized carbons (Fsp3) is 0.150. The number of hydrogen-bond donors (Lipinski definition) is 1. The lowest BCUT2D eigenvalue weighted by Crippen LogP contribution is -2.26. The van der Waals surface area contributed by atoms with Gasteiger partial charge in [0.1, 0.15) is 19.0 Å². The van der Waals surface area contributed by atoms with Crippen LogP contribution in [0, 0.1) is 5.82 Å². The maximum atomic E-state index is 13.2. The summed E-state index contributed by atoms with van der Waals surface area (Å²) in [5.74, 6) is 0.0592. The van der Waals surface area contributed by atoms with E-state index in [2.05, 4.69) is 10.4 Å². The fourth-order valence-electron chi connectivity index (χ4n) is 2.82. The molecule has 0 atom stereocenters. The van der Waals surface area contributed by atoms with Gasteiger partial charge in [0.15, 0.2) is 17.2 Å². The highest BCUT2D eigenvalue weighted by molar-refractivity contribution is 6.02. The Balaban J connectivity index is 1.67. The molecule has 2 heterocycles. The number of carbonyl (C=O) groups is 1. The topological polar surface area (TPSA) is 91.7 Å². The van der Waals surface area contributed by atoms with Gasteiger partial charge in [-0.25, -0.2) is 9.07 Å². The van der Waals surface area contributed by atoms with Crippen molar-refractivity contribution in [2.24, 2.45) is 0 Å². The minimum absolute atomic E-state index is 0.109. The van der Waals surface area contributed by atoms with Crippen molar-refractivity contribution in [2.45, 2.75) is 0 Å². The number of carbonyl (C=O) groups excluding carboxylic acids is 1. The minimum atomic E-state index is -0.704. The molecule has 1 amide bonds. The molecule has 4 rings (SSSR count). The SMILES string of the molecule is COc1cc(=O)c(C(=O)Nc2ccc3c(c2)OCCO3)nn1-c1ccc(F)cc1. The summed E-state index contributed by atoms with van der Waals surface area (Å²) in [6, 6.07) is 11.4. The van der Waals surface area contributed by atoms with Gasteiger partial charge >= 0.3 is 0 Å². The molecule has 8 nitrogen and oxygen atoms in total. The highest BCUT2D eigenvalue weighted by atomic mass is 19.1. The molecule has 148 valence electrons. The molecular formula is C20H16FN3O5. The number of methoxy groups -OCH3 is 1. The number of rotatable bonds is 4. The maximum Gasteiger partial charge on any atom is 0.280 e. The van der Waals surface area contributed by atoms with Gasteiger partial charge in [-0.1, -0.05) is 0 Å². The van der Waals surface area contributed by atoms with Crippen LogP contribution >= 0.6 is 0 Å². The molecule has 3 aromatic rings. The summed E-state index contributed by atoms with van der Waals surface area (Å²) < 4.78 is 30.6. The molecule has 0 radical (unpaired) electrons. The van der Waals surface area contributed by atoms with E-state index in [1.807, 2.05) is 0 Å². The van der Waals surface area contributed by atoms with E-state index in [4.69, 9.17) is 14.2 Å². The van der Waals surface area contributed by atoms with Gasteiger partial charge in [0.25, 0.3) is 5.91 Å². The summed E-state index contributed by atoms with van der Waals surface area (Å²) in [5, 5.41) is 6.74. The number of hydrogen-bond acceptors (Lipinski definition) is 6. The van der Waals surface area contributed by atoms with Gasteiger partial charge in [0, 0.05) is 11.8 Å². The molecule has 0 saturated heterocycles. The van der Waals surface area contributed by atoms with Crippen molar-refractivity contribution in [1.29, 1.82) is 0 Å². The summed E-state index contributed by atoms with van der Waals surface area (Å²) >= 11 is 0. The quantitative estimate of drug-likeness (QED) is 0.727. The average Bonchev–Trinajstić information content (AvgIpc) is 2.74. The van der Waals surface area contributed by atoms with Crippen molar-refractivity contribution < 1.29 is 23.4 Å². The fourth-order valence-corrected chi connectivity index (χ4v) is 2.82. The highest BCUT2D eigenvalue weighted by Crippen LogP contribution is 2.32. The van der Waals surface area contributed by atoms with E-state index >= 15 is 0 Å². The van der Waals surface area contributed by atoms with Crippen LogP contribution in [0.1, 0.15) is 10.5 Å². The van der Waals surface area contributed by atoms with Crippen molar-refractivity contribution in [2.75, 3.05) is 25.6 Å². The van der Waals surface area contributed by atoms with E-state index in [1.54, 1.807) is 18.2 Å². The van der Waals surface area contributed by atoms with E-state index in [0.717, 1.165) is 6.07 Å². The second kappa shape index (κ2) is 7.63. The summed E-state index contributed by atoms with van der Waals surface area (Å²) in [7, 11) is 1.37. The summed E-state index contributed by atoms with van der Waals surface area (Å²) in [6.07, 6.45) is 0. The Morgan fingerprint density at radius 1 is 1.10 bits per heavy atom. The first kappa shape index (κ1) is 18.5. The van der Waals surface area contributed by atoms with E-state index < -0.39 is 17.2 Å². The number of nitrogens with one attached hydrogen (secondary N) is 1. The number of ether oxygens (including phenoxy) is 3. The first-order valence-electron chi connectivity index (χ1n) is 8.70. The Morgan fingerprint density at radius 3 is 2.55 bits per heavy atom. The Hall–Kier alpha value is -3.88. The van der Waals surface area contributed by atoms with Crippen molar-refractivity contribution >= 4 is 11.6 Å². The zero-order valence-electron chi connectivity index (χ0n) is 15.3. The molecule has 0 bridgehead atoms. The molecule has 0 fully saturated rings. The number of amides is 1. The highest BCUT2D eigenvalue weighted by Gasteiger charge is 2.19. The maximum absolute atomic E-state index is 13.2. The third-order valence-corrected chi connectivity index (χ3v) is 4.19. The number of aromatic nitrogens is 2. The predicted octanol–water partition coefficient (Wildman–Crippen LogP) is 2.40. The molecule has 0 unspecified atom stereocenters. The lowest BCUT2D eigenvalue weighted by molar-refractivity contribution is 0.101. The van der Waals surface area contributed by atoms with Gasteiger partial charge in [-0.2, -0.15) is 5.10 Å². The summed E-state index contributed by atoms with van der Waals surface area (Å²) in [4.78, 5) is 25.1. The van der Waals surface area contributed by atoms with Crippen LogP contribution in [-0.2, 0) is 0 Å². The lowest BCUT2D eigenvalue weighted by atomic mass is 10.2. The molecular weight excluding hydrogens is 381 g/mol. The van der Waals surface area contributed by atoms with Crippen LogP contribution in [-0.4, -0.2) is 36.0 Å². The molecule has 0 saturated carbocycles. The number of fused-ring (bicyclic) bond motifs is 1. The van der Waals surface area contributed by atoms with Crippen molar-refractivity contribution in [1.82, 2.24) is 9.78 Å². The monoisotopic (exact) mass is 397 g/mol. The molecule has 29 heavy (non-hydrogen) atoms. The average molecular weight is 397 g/mol. The Labute approximate surface area is 164 Å². The van der Waals surface area contributed by atoms with E-state index in [9.17, 15) is 14.0 Å². The van der Waals surface area contributed by atoms with Crippen LogP contribution < -0.4 is 25.0 Å². The number of benzene rings is 2. The molecule has 2 aromatic carbocycles. The second-order valence-corrected chi connectivity index (χ2v) is 6.10. The third-order valence-electron chi connectivity index (χ3n) is 4.19. The Bertz CT molecular complexity index is 1130. The zero-order chi connectivity index (χ0) is 20.4. The van der Waals surface area contributed by atoms with Gasteiger partial charge in [-0.05, 0) is 36.4 Å². The third kappa shape index (κ3) is 3.75. The van der Waals surface area contributed by atoms with Crippen molar-refractivity contribution in [3.63, 3.8) is 0 Å². The van der Waals surface area contributed by atoms with Crippen LogP contribution in [0.15, 0.2) is 53.3 Å². The van der Waals surface area contributed by atoms with Gasteiger partial charge in [0.05, 0.1) is 18.9 Å². The molecule has 1 aliphatic heterocycles. The number of nitrogens with zero attached hydrogens (tertiary/aromatic N) is 2. The van der Waals surface area contributed by atoms with E-state index in [1.165, 1.54) is 36.1 Å². The first-order valence-corrected chi connectivity index (χ1v) is 8.70. The normalized spacial score (nSPS) is 12.3. The first-order chi connectivity index (χ1) is 14.0. The second-order valence-electron chi connectivity index (χ2n) is 6.10. The van der Waals surface area contributed by atoms with Gasteiger partial charge in [0.2, 0.25) is 11.3 Å². The molecule has 1 aromatic heterocycles.